The first-order valence-electron chi connectivity index (χ1n) is 2.68. The first-order valence-corrected chi connectivity index (χ1v) is 2.68. The maximum absolute atomic E-state index is 10.5. The third-order valence-corrected chi connectivity index (χ3v) is 1.28. The molecule has 1 aliphatic heterocycles. The van der Waals surface area contributed by atoms with Gasteiger partial charge in [-0.25, -0.2) is 0 Å². The molecule has 0 aromatic carbocycles. The molecule has 1 rings (SSSR count). The van der Waals surface area contributed by atoms with Crippen LogP contribution >= 0.6 is 0 Å². The van der Waals surface area contributed by atoms with Gasteiger partial charge in [-0.3, -0.25) is 4.79 Å². The van der Waals surface area contributed by atoms with E-state index >= 15 is 0 Å². The number of ether oxygens (including phenoxy) is 1. The molecule has 3 nitrogen and oxygen atoms in total. The van der Waals surface area contributed by atoms with Crippen molar-refractivity contribution >= 4 is 5.97 Å². The van der Waals surface area contributed by atoms with Crippen LogP contribution in [-0.2, 0) is 9.53 Å². The quantitative estimate of drug-likeness (QED) is 0.469. The summed E-state index contributed by atoms with van der Waals surface area (Å²) in [5.74, 6) is -0.118. The Labute approximate surface area is 48.0 Å². The lowest BCUT2D eigenvalue weighted by molar-refractivity contribution is -0.139. The fraction of sp³-hybridized carbons (Fsp3) is 0.800. The minimum absolute atomic E-state index is 0.0463. The van der Waals surface area contributed by atoms with Crippen molar-refractivity contribution < 1.29 is 9.53 Å². The fourth-order valence-electron chi connectivity index (χ4n) is 0.758. The monoisotopic (exact) mass is 115 g/mol. The van der Waals surface area contributed by atoms with E-state index in [1.54, 1.807) is 7.05 Å². The minimum atomic E-state index is -0.118. The zero-order valence-corrected chi connectivity index (χ0v) is 4.81. The highest BCUT2D eigenvalue weighted by Crippen LogP contribution is 2.03. The first-order chi connectivity index (χ1) is 3.84. The van der Waals surface area contributed by atoms with E-state index in [1.807, 2.05) is 0 Å². The predicted molar refractivity (Wildman–Crippen MR) is 28.4 cm³/mol. The summed E-state index contributed by atoms with van der Waals surface area (Å²) in [5.41, 5.74) is 0. The lowest BCUT2D eigenvalue weighted by Gasteiger charge is -1.98. The maximum Gasteiger partial charge on any atom is 0.323 e. The molecule has 1 aliphatic rings. The van der Waals surface area contributed by atoms with E-state index in [4.69, 9.17) is 0 Å². The summed E-state index contributed by atoms with van der Waals surface area (Å²) < 4.78 is 4.65. The molecule has 0 saturated carbocycles. The Bertz CT molecular complexity index is 103. The van der Waals surface area contributed by atoms with E-state index in [1.165, 1.54) is 0 Å². The number of carbonyl (C=O) groups excluding carboxylic acids is 1. The zero-order valence-electron chi connectivity index (χ0n) is 4.81. The fourth-order valence-corrected chi connectivity index (χ4v) is 0.758. The van der Waals surface area contributed by atoms with E-state index in [0.29, 0.717) is 6.61 Å². The molecule has 1 fully saturated rings. The van der Waals surface area contributed by atoms with Crippen molar-refractivity contribution in [2.24, 2.45) is 0 Å². The van der Waals surface area contributed by atoms with Crippen LogP contribution in [0.15, 0.2) is 0 Å². The lowest BCUT2D eigenvalue weighted by atomic mass is 10.3. The number of likely N-dealkylation sites (N-methyl/N-ethyl adjacent to an activating group) is 1. The first kappa shape index (κ1) is 5.56. The van der Waals surface area contributed by atoms with Gasteiger partial charge in [-0.2, -0.15) is 0 Å². The van der Waals surface area contributed by atoms with E-state index in [2.05, 4.69) is 10.1 Å². The van der Waals surface area contributed by atoms with Crippen molar-refractivity contribution in [3.63, 3.8) is 0 Å². The molecule has 0 amide bonds. The number of cyclic esters (lactones) is 1. The Hall–Kier alpha value is -0.570. The number of nitrogens with one attached hydrogen (secondary N) is 1. The van der Waals surface area contributed by atoms with Gasteiger partial charge in [0.05, 0.1) is 6.61 Å². The summed E-state index contributed by atoms with van der Waals surface area (Å²) in [5, 5.41) is 2.84. The van der Waals surface area contributed by atoms with Gasteiger partial charge in [0.2, 0.25) is 0 Å². The zero-order chi connectivity index (χ0) is 5.98. The molecule has 0 bridgehead atoms. The van der Waals surface area contributed by atoms with E-state index < -0.39 is 0 Å². The van der Waals surface area contributed by atoms with Crippen LogP contribution in [0.5, 0.6) is 0 Å². The van der Waals surface area contributed by atoms with Crippen LogP contribution in [0.1, 0.15) is 6.42 Å². The van der Waals surface area contributed by atoms with Gasteiger partial charge in [0.25, 0.3) is 0 Å². The van der Waals surface area contributed by atoms with Crippen molar-refractivity contribution in [1.82, 2.24) is 5.32 Å². The number of hydrogen-bond acceptors (Lipinski definition) is 3. The highest BCUT2D eigenvalue weighted by atomic mass is 16.5. The lowest BCUT2D eigenvalue weighted by Crippen LogP contribution is -2.29. The average molecular weight is 115 g/mol. The third-order valence-electron chi connectivity index (χ3n) is 1.28. The SMILES string of the molecule is CN[C@H]1CCOC1=O. The summed E-state index contributed by atoms with van der Waals surface area (Å²) in [6.07, 6.45) is 0.815. The molecule has 0 aromatic heterocycles. The molecule has 0 spiro atoms. The van der Waals surface area contributed by atoms with Gasteiger partial charge >= 0.3 is 5.97 Å². The molecule has 1 N–H and O–H groups in total. The third kappa shape index (κ3) is 0.816. The molecule has 0 aromatic rings. The van der Waals surface area contributed by atoms with E-state index in [0.717, 1.165) is 6.42 Å². The van der Waals surface area contributed by atoms with Gasteiger partial charge in [-0.1, -0.05) is 0 Å². The summed E-state index contributed by atoms with van der Waals surface area (Å²) in [6, 6.07) is -0.0463. The number of esters is 1. The Morgan fingerprint density at radius 3 is 2.88 bits per heavy atom. The Balaban J connectivity index is 2.42. The second-order valence-corrected chi connectivity index (χ2v) is 1.80. The number of hydrogen-bond donors (Lipinski definition) is 1. The topological polar surface area (TPSA) is 38.3 Å². The summed E-state index contributed by atoms with van der Waals surface area (Å²) in [6.45, 7) is 0.574. The van der Waals surface area contributed by atoms with E-state index in [-0.39, 0.29) is 12.0 Å². The molecular weight excluding hydrogens is 106 g/mol. The maximum atomic E-state index is 10.5. The van der Waals surface area contributed by atoms with Crippen LogP contribution in [0, 0.1) is 0 Å². The van der Waals surface area contributed by atoms with Crippen LogP contribution in [0.25, 0.3) is 0 Å². The largest absolute Gasteiger partial charge is 0.464 e. The smallest absolute Gasteiger partial charge is 0.323 e. The molecular formula is C5H9NO2. The van der Waals surface area contributed by atoms with Crippen molar-refractivity contribution in [2.75, 3.05) is 13.7 Å². The van der Waals surface area contributed by atoms with Crippen LogP contribution in [0.3, 0.4) is 0 Å². The van der Waals surface area contributed by atoms with Crippen molar-refractivity contribution in [2.45, 2.75) is 12.5 Å². The van der Waals surface area contributed by atoms with Crippen LogP contribution < -0.4 is 5.32 Å². The number of carbonyl (C=O) groups is 1. The second-order valence-electron chi connectivity index (χ2n) is 1.80. The normalized spacial score (nSPS) is 28.1. The van der Waals surface area contributed by atoms with Crippen molar-refractivity contribution in [1.29, 1.82) is 0 Å². The molecule has 8 heavy (non-hydrogen) atoms. The molecule has 1 heterocycles. The molecule has 0 unspecified atom stereocenters. The molecule has 1 atom stereocenters. The molecule has 0 radical (unpaired) electrons. The van der Waals surface area contributed by atoms with Gasteiger partial charge in [0, 0.05) is 6.42 Å². The highest BCUT2D eigenvalue weighted by molar-refractivity contribution is 5.77. The Kier molecular flexibility index (Phi) is 1.48. The Morgan fingerprint density at radius 1 is 1.88 bits per heavy atom. The molecule has 46 valence electrons. The Morgan fingerprint density at radius 2 is 2.62 bits per heavy atom. The van der Waals surface area contributed by atoms with E-state index in [9.17, 15) is 4.79 Å². The standard InChI is InChI=1S/C5H9NO2/c1-6-4-2-3-8-5(4)7/h4,6H,2-3H2,1H3/t4-/m0/s1. The second kappa shape index (κ2) is 2.13. The number of rotatable bonds is 1. The van der Waals surface area contributed by atoms with Crippen molar-refractivity contribution in [3.05, 3.63) is 0 Å². The van der Waals surface area contributed by atoms with Crippen molar-refractivity contribution in [3.8, 4) is 0 Å². The average Bonchev–Trinajstić information content (AvgIpc) is 2.14. The molecule has 0 aliphatic carbocycles. The van der Waals surface area contributed by atoms with Crippen LogP contribution in [0.4, 0.5) is 0 Å². The van der Waals surface area contributed by atoms with Gasteiger partial charge in [-0.15, -0.1) is 0 Å². The van der Waals surface area contributed by atoms with Gasteiger partial charge < -0.3 is 10.1 Å². The summed E-state index contributed by atoms with van der Waals surface area (Å²) in [4.78, 5) is 10.5. The highest BCUT2D eigenvalue weighted by Gasteiger charge is 2.23. The molecule has 3 heteroatoms. The minimum Gasteiger partial charge on any atom is -0.464 e. The van der Waals surface area contributed by atoms with Crippen LogP contribution in [0.2, 0.25) is 0 Å². The van der Waals surface area contributed by atoms with Gasteiger partial charge in [0.15, 0.2) is 0 Å². The van der Waals surface area contributed by atoms with Gasteiger partial charge in [0.1, 0.15) is 6.04 Å². The van der Waals surface area contributed by atoms with Crippen LogP contribution in [-0.4, -0.2) is 25.7 Å². The van der Waals surface area contributed by atoms with Gasteiger partial charge in [-0.05, 0) is 7.05 Å². The molecule has 1 saturated heterocycles. The summed E-state index contributed by atoms with van der Waals surface area (Å²) >= 11 is 0. The predicted octanol–water partition coefficient (Wildman–Crippen LogP) is -0.479. The summed E-state index contributed by atoms with van der Waals surface area (Å²) in [7, 11) is 1.76.